The molecule has 1 aromatic carbocycles. The maximum absolute atomic E-state index is 13.3. The summed E-state index contributed by atoms with van der Waals surface area (Å²) in [5.74, 6) is 6.89. The quantitative estimate of drug-likeness (QED) is 0.344. The van der Waals surface area contributed by atoms with E-state index in [1.165, 1.54) is 23.1 Å². The summed E-state index contributed by atoms with van der Waals surface area (Å²) in [7, 11) is 7.19. The fraction of sp³-hybridized carbons (Fsp3) is 0.429. The zero-order valence-electron chi connectivity index (χ0n) is 22.4. The number of nitrogens with one attached hydrogen (secondary N) is 3. The van der Waals surface area contributed by atoms with Gasteiger partial charge < -0.3 is 25.8 Å². The number of aromatic nitrogens is 2. The smallest absolute Gasteiger partial charge is 0.246 e. The van der Waals surface area contributed by atoms with Crippen LogP contribution in [0.5, 0.6) is 0 Å². The summed E-state index contributed by atoms with van der Waals surface area (Å²) >= 11 is 0. The van der Waals surface area contributed by atoms with Gasteiger partial charge in [0.1, 0.15) is 5.82 Å². The van der Waals surface area contributed by atoms with Crippen LogP contribution >= 0.6 is 0 Å². The number of hydrogen-bond acceptors (Lipinski definition) is 7. The second-order valence-corrected chi connectivity index (χ2v) is 9.59. The van der Waals surface area contributed by atoms with Crippen LogP contribution in [0.4, 0.5) is 21.8 Å². The molecule has 1 aliphatic rings. The molecule has 0 saturated heterocycles. The maximum Gasteiger partial charge on any atom is 0.246 e. The van der Waals surface area contributed by atoms with E-state index in [9.17, 15) is 14.0 Å². The molecule has 10 heteroatoms. The largest absolute Gasteiger partial charge is 0.357 e. The topological polar surface area (TPSA) is 102 Å². The zero-order valence-corrected chi connectivity index (χ0v) is 22.4. The van der Waals surface area contributed by atoms with E-state index in [0.717, 1.165) is 25.7 Å². The summed E-state index contributed by atoms with van der Waals surface area (Å²) in [5.41, 5.74) is 1.31. The summed E-state index contributed by atoms with van der Waals surface area (Å²) in [5, 5.41) is 9.16. The number of carbonyl (C=O) groups is 2. The average molecular weight is 522 g/mol. The fourth-order valence-electron chi connectivity index (χ4n) is 4.05. The molecule has 202 valence electrons. The molecule has 0 radical (unpaired) electrons. The number of rotatable bonds is 9. The normalized spacial score (nSPS) is 17.0. The molecule has 2 aromatic rings. The average Bonchev–Trinajstić information content (AvgIpc) is 2.89. The standard InChI is InChI=1S/C28H36FN7O2/c1-30-28-31-18-21(27(34-28)33-23-14-12-22(29)13-15-23)11-10-20-7-5-8-24(17-20)32-25(37)19-36(4)26(38)9-6-16-35(2)3/h6,9,12-15,18,20,24H,5,7-8,16-17,19H2,1-4H3,(H,32,37)(H2,30,31,33,34)/b9-6+/t20-,24-/m0/s1. The van der Waals surface area contributed by atoms with Crippen LogP contribution in [0.3, 0.4) is 0 Å². The molecule has 0 aliphatic heterocycles. The monoisotopic (exact) mass is 521 g/mol. The molecule has 0 bridgehead atoms. The lowest BCUT2D eigenvalue weighted by atomic mass is 9.86. The van der Waals surface area contributed by atoms with Gasteiger partial charge in [-0.1, -0.05) is 24.3 Å². The first-order chi connectivity index (χ1) is 18.2. The Bertz CT molecular complexity index is 1190. The van der Waals surface area contributed by atoms with Crippen LogP contribution in [0.25, 0.3) is 0 Å². The van der Waals surface area contributed by atoms with E-state index >= 15 is 0 Å². The highest BCUT2D eigenvalue weighted by Crippen LogP contribution is 2.25. The van der Waals surface area contributed by atoms with E-state index in [-0.39, 0.29) is 36.1 Å². The van der Waals surface area contributed by atoms with Crippen molar-refractivity contribution in [3.63, 3.8) is 0 Å². The minimum absolute atomic E-state index is 0.00284. The molecule has 0 unspecified atom stereocenters. The van der Waals surface area contributed by atoms with Gasteiger partial charge in [-0.05, 0) is 57.6 Å². The lowest BCUT2D eigenvalue weighted by Gasteiger charge is -2.27. The summed E-state index contributed by atoms with van der Waals surface area (Å²) in [6.07, 6.45) is 8.41. The Morgan fingerprint density at radius 3 is 2.66 bits per heavy atom. The molecule has 2 amide bonds. The number of nitrogens with zero attached hydrogens (tertiary/aromatic N) is 4. The van der Waals surface area contributed by atoms with E-state index in [2.05, 4.69) is 37.8 Å². The first kappa shape index (κ1) is 28.6. The van der Waals surface area contributed by atoms with E-state index in [1.807, 2.05) is 19.0 Å². The molecule has 1 fully saturated rings. The summed E-state index contributed by atoms with van der Waals surface area (Å²) in [4.78, 5) is 36.9. The first-order valence-corrected chi connectivity index (χ1v) is 12.7. The SMILES string of the molecule is CNc1ncc(C#C[C@@H]2CCC[C@H](NC(=O)CN(C)C(=O)/C=C/CN(C)C)C2)c(Nc2ccc(F)cc2)n1. The molecule has 1 saturated carbocycles. The predicted octanol–water partition coefficient (Wildman–Crippen LogP) is 3.00. The van der Waals surface area contributed by atoms with Crippen molar-refractivity contribution < 1.29 is 14.0 Å². The van der Waals surface area contributed by atoms with Crippen LogP contribution in [-0.4, -0.2) is 78.9 Å². The third-order valence-electron chi connectivity index (χ3n) is 6.06. The number of likely N-dealkylation sites (N-methyl/N-ethyl adjacent to an activating group) is 2. The first-order valence-electron chi connectivity index (χ1n) is 12.7. The summed E-state index contributed by atoms with van der Waals surface area (Å²) in [6, 6.07) is 6.02. The third-order valence-corrected chi connectivity index (χ3v) is 6.06. The van der Waals surface area contributed by atoms with Gasteiger partial charge in [0.05, 0.1) is 18.3 Å². The molecule has 1 aromatic heterocycles. The number of benzene rings is 1. The van der Waals surface area contributed by atoms with Gasteiger partial charge in [-0.3, -0.25) is 9.59 Å². The Morgan fingerprint density at radius 2 is 1.95 bits per heavy atom. The van der Waals surface area contributed by atoms with Crippen LogP contribution in [0.1, 0.15) is 31.2 Å². The summed E-state index contributed by atoms with van der Waals surface area (Å²) in [6.45, 7) is 0.664. The number of amides is 2. The van der Waals surface area contributed by atoms with Crippen molar-refractivity contribution in [1.82, 2.24) is 25.1 Å². The van der Waals surface area contributed by atoms with Gasteiger partial charge in [0, 0.05) is 44.4 Å². The van der Waals surface area contributed by atoms with Gasteiger partial charge in [0.25, 0.3) is 0 Å². The van der Waals surface area contributed by atoms with Crippen LogP contribution in [0.2, 0.25) is 0 Å². The van der Waals surface area contributed by atoms with Crippen LogP contribution < -0.4 is 16.0 Å². The molecule has 1 aliphatic carbocycles. The Hall–Kier alpha value is -3.97. The van der Waals surface area contributed by atoms with Crippen molar-refractivity contribution >= 4 is 29.3 Å². The van der Waals surface area contributed by atoms with E-state index in [0.29, 0.717) is 29.6 Å². The maximum atomic E-state index is 13.3. The van der Waals surface area contributed by atoms with Crippen LogP contribution in [0.15, 0.2) is 42.6 Å². The molecule has 2 atom stereocenters. The van der Waals surface area contributed by atoms with Gasteiger partial charge in [-0.25, -0.2) is 9.37 Å². The van der Waals surface area contributed by atoms with Crippen LogP contribution in [-0.2, 0) is 9.59 Å². The van der Waals surface area contributed by atoms with Gasteiger partial charge in [0.15, 0.2) is 5.82 Å². The number of halogens is 1. The van der Waals surface area contributed by atoms with Gasteiger partial charge in [-0.2, -0.15) is 4.98 Å². The highest BCUT2D eigenvalue weighted by Gasteiger charge is 2.23. The second kappa shape index (κ2) is 14.1. The summed E-state index contributed by atoms with van der Waals surface area (Å²) < 4.78 is 13.3. The number of anilines is 3. The molecule has 9 nitrogen and oxygen atoms in total. The second-order valence-electron chi connectivity index (χ2n) is 9.59. The highest BCUT2D eigenvalue weighted by molar-refractivity contribution is 5.91. The molecular formula is C28H36FN7O2. The Kier molecular flexibility index (Phi) is 10.6. The third kappa shape index (κ3) is 9.16. The van der Waals surface area contributed by atoms with Crippen molar-refractivity contribution in [2.45, 2.75) is 31.7 Å². The van der Waals surface area contributed by atoms with E-state index in [4.69, 9.17) is 0 Å². The molecular weight excluding hydrogens is 485 g/mol. The lowest BCUT2D eigenvalue weighted by molar-refractivity contribution is -0.131. The fourth-order valence-corrected chi connectivity index (χ4v) is 4.05. The van der Waals surface area contributed by atoms with Crippen molar-refractivity contribution in [2.75, 3.05) is 51.9 Å². The van der Waals surface area contributed by atoms with E-state index in [1.54, 1.807) is 38.5 Å². The minimum atomic E-state index is -0.316. The molecule has 38 heavy (non-hydrogen) atoms. The van der Waals surface area contributed by atoms with Gasteiger partial charge >= 0.3 is 0 Å². The predicted molar refractivity (Wildman–Crippen MR) is 147 cm³/mol. The lowest BCUT2D eigenvalue weighted by Crippen LogP contribution is -2.44. The molecule has 1 heterocycles. The Balaban J connectivity index is 1.60. The Labute approximate surface area is 223 Å². The van der Waals surface area contributed by atoms with Crippen molar-refractivity contribution in [3.8, 4) is 11.8 Å². The number of hydrogen-bond donors (Lipinski definition) is 3. The van der Waals surface area contributed by atoms with Gasteiger partial charge in [-0.15, -0.1) is 0 Å². The number of carbonyl (C=O) groups excluding carboxylic acids is 2. The van der Waals surface area contributed by atoms with Crippen LogP contribution in [0, 0.1) is 23.6 Å². The van der Waals surface area contributed by atoms with E-state index < -0.39 is 0 Å². The molecule has 3 N–H and O–H groups in total. The Morgan fingerprint density at radius 1 is 1.18 bits per heavy atom. The van der Waals surface area contributed by atoms with Gasteiger partial charge in [0.2, 0.25) is 17.8 Å². The highest BCUT2D eigenvalue weighted by atomic mass is 19.1. The van der Waals surface area contributed by atoms with Crippen molar-refractivity contribution in [1.29, 1.82) is 0 Å². The molecule has 3 rings (SSSR count). The minimum Gasteiger partial charge on any atom is -0.357 e. The molecule has 0 spiro atoms. The zero-order chi connectivity index (χ0) is 27.5. The van der Waals surface area contributed by atoms with Crippen molar-refractivity contribution in [3.05, 3.63) is 54.0 Å². The van der Waals surface area contributed by atoms with Crippen molar-refractivity contribution in [2.24, 2.45) is 5.92 Å².